The average molecular weight is 453 g/mol. The molecule has 0 saturated heterocycles. The van der Waals surface area contributed by atoms with E-state index in [0.29, 0.717) is 33.4 Å². The van der Waals surface area contributed by atoms with Crippen LogP contribution in [-0.2, 0) is 4.79 Å². The summed E-state index contributed by atoms with van der Waals surface area (Å²) in [5.41, 5.74) is 7.42. The third-order valence-electron chi connectivity index (χ3n) is 4.47. The number of nitrogens with two attached hydrogens (primary N) is 1. The fourth-order valence-electron chi connectivity index (χ4n) is 2.90. The Balaban J connectivity index is 1.58. The summed E-state index contributed by atoms with van der Waals surface area (Å²) in [4.78, 5) is 36.3. The highest BCUT2D eigenvalue weighted by atomic mass is 35.5. The molecule has 0 aromatic heterocycles. The lowest BCUT2D eigenvalue weighted by molar-refractivity contribution is -0.114. The van der Waals surface area contributed by atoms with Gasteiger partial charge in [-0.15, -0.1) is 0 Å². The van der Waals surface area contributed by atoms with Crippen LogP contribution in [0.5, 0.6) is 5.75 Å². The second kappa shape index (κ2) is 10.3. The molecule has 8 nitrogen and oxygen atoms in total. The van der Waals surface area contributed by atoms with E-state index in [1.807, 2.05) is 6.07 Å². The van der Waals surface area contributed by atoms with Gasteiger partial charge in [-0.1, -0.05) is 23.7 Å². The minimum atomic E-state index is -0.655. The van der Waals surface area contributed by atoms with E-state index >= 15 is 0 Å². The van der Waals surface area contributed by atoms with E-state index in [1.165, 1.54) is 13.2 Å². The summed E-state index contributed by atoms with van der Waals surface area (Å²) in [6.07, 6.45) is 0. The van der Waals surface area contributed by atoms with Gasteiger partial charge in [0, 0.05) is 22.0 Å². The van der Waals surface area contributed by atoms with Gasteiger partial charge in [0.2, 0.25) is 5.91 Å². The van der Waals surface area contributed by atoms with Crippen LogP contribution in [0, 0.1) is 0 Å². The summed E-state index contributed by atoms with van der Waals surface area (Å²) in [5.74, 6) is -0.757. The van der Waals surface area contributed by atoms with Gasteiger partial charge >= 0.3 is 0 Å². The molecule has 0 aliphatic rings. The summed E-state index contributed by atoms with van der Waals surface area (Å²) >= 11 is 5.88. The number of hydrogen-bond donors (Lipinski definition) is 4. The quantitative estimate of drug-likeness (QED) is 0.414. The minimum absolute atomic E-state index is 0.0993. The third kappa shape index (κ3) is 5.77. The molecule has 0 aliphatic heterocycles. The van der Waals surface area contributed by atoms with Crippen LogP contribution in [0.4, 0.5) is 17.1 Å². The molecule has 0 atom stereocenters. The zero-order chi connectivity index (χ0) is 23.1. The fraction of sp³-hybridized carbons (Fsp3) is 0.0870. The van der Waals surface area contributed by atoms with Crippen LogP contribution in [0.25, 0.3) is 0 Å². The SMILES string of the molecule is COc1ccccc1NC(=O)c1ccc(NC(=O)CNc2ccc(Cl)cc2C(N)=O)cc1. The second-order valence-electron chi connectivity index (χ2n) is 6.69. The Hall–Kier alpha value is -4.04. The molecule has 32 heavy (non-hydrogen) atoms. The predicted molar refractivity (Wildman–Crippen MR) is 124 cm³/mol. The van der Waals surface area contributed by atoms with Gasteiger partial charge in [-0.2, -0.15) is 0 Å². The van der Waals surface area contributed by atoms with Crippen LogP contribution in [0.3, 0.4) is 0 Å². The largest absolute Gasteiger partial charge is 0.495 e. The first kappa shape index (κ1) is 22.6. The normalized spacial score (nSPS) is 10.2. The molecule has 0 unspecified atom stereocenters. The van der Waals surface area contributed by atoms with Crippen molar-refractivity contribution in [3.05, 3.63) is 82.9 Å². The number of methoxy groups -OCH3 is 1. The summed E-state index contributed by atoms with van der Waals surface area (Å²) in [6, 6.07) is 18.1. The van der Waals surface area contributed by atoms with Crippen molar-refractivity contribution in [2.45, 2.75) is 0 Å². The van der Waals surface area contributed by atoms with Crippen LogP contribution in [0.15, 0.2) is 66.7 Å². The summed E-state index contributed by atoms with van der Waals surface area (Å²) in [5, 5.41) is 8.72. The summed E-state index contributed by atoms with van der Waals surface area (Å²) in [7, 11) is 1.53. The van der Waals surface area contributed by atoms with E-state index < -0.39 is 5.91 Å². The van der Waals surface area contributed by atoms with Crippen molar-refractivity contribution in [1.29, 1.82) is 0 Å². The number of ether oxygens (including phenoxy) is 1. The topological polar surface area (TPSA) is 123 Å². The molecule has 9 heteroatoms. The Kier molecular flexibility index (Phi) is 7.30. The standard InChI is InChI=1S/C23H21ClN4O4/c1-32-20-5-3-2-4-19(20)28-23(31)14-6-9-16(10-7-14)27-21(29)13-26-18-11-8-15(24)12-17(18)22(25)30/h2-12,26H,13H2,1H3,(H2,25,30)(H,27,29)(H,28,31). The van der Waals surface area contributed by atoms with Gasteiger partial charge in [0.05, 0.1) is 24.9 Å². The molecule has 0 heterocycles. The van der Waals surface area contributed by atoms with Gasteiger partial charge in [-0.3, -0.25) is 14.4 Å². The summed E-state index contributed by atoms with van der Waals surface area (Å²) < 4.78 is 5.23. The number of amides is 3. The average Bonchev–Trinajstić information content (AvgIpc) is 2.79. The van der Waals surface area contributed by atoms with Gasteiger partial charge in [0.25, 0.3) is 11.8 Å². The van der Waals surface area contributed by atoms with E-state index in [0.717, 1.165) is 0 Å². The van der Waals surface area contributed by atoms with Crippen molar-refractivity contribution in [3.8, 4) is 5.75 Å². The zero-order valence-electron chi connectivity index (χ0n) is 17.1. The van der Waals surface area contributed by atoms with E-state index in [2.05, 4.69) is 16.0 Å². The van der Waals surface area contributed by atoms with E-state index in [4.69, 9.17) is 22.1 Å². The number of nitrogens with one attached hydrogen (secondary N) is 3. The highest BCUT2D eigenvalue weighted by Crippen LogP contribution is 2.24. The van der Waals surface area contributed by atoms with Gasteiger partial charge in [-0.05, 0) is 54.6 Å². The highest BCUT2D eigenvalue weighted by Gasteiger charge is 2.12. The van der Waals surface area contributed by atoms with Crippen molar-refractivity contribution in [2.24, 2.45) is 5.73 Å². The highest BCUT2D eigenvalue weighted by molar-refractivity contribution is 6.31. The van der Waals surface area contributed by atoms with Gasteiger partial charge in [0.1, 0.15) is 5.75 Å². The maximum atomic E-state index is 12.5. The molecule has 164 valence electrons. The van der Waals surface area contributed by atoms with Crippen LogP contribution in [0.1, 0.15) is 20.7 Å². The van der Waals surface area contributed by atoms with E-state index in [-0.39, 0.29) is 23.9 Å². The van der Waals surface area contributed by atoms with Crippen molar-refractivity contribution < 1.29 is 19.1 Å². The van der Waals surface area contributed by atoms with Gasteiger partial charge in [-0.25, -0.2) is 0 Å². The van der Waals surface area contributed by atoms with Crippen LogP contribution in [-0.4, -0.2) is 31.4 Å². The first-order chi connectivity index (χ1) is 15.4. The maximum Gasteiger partial charge on any atom is 0.255 e. The number of anilines is 3. The molecule has 3 aromatic rings. The number of carbonyl (C=O) groups is 3. The molecule has 3 amide bonds. The van der Waals surface area contributed by atoms with Gasteiger partial charge < -0.3 is 26.4 Å². The molecule has 0 radical (unpaired) electrons. The minimum Gasteiger partial charge on any atom is -0.495 e. The molecule has 5 N–H and O–H groups in total. The molecular weight excluding hydrogens is 432 g/mol. The first-order valence-corrected chi connectivity index (χ1v) is 9.92. The summed E-state index contributed by atoms with van der Waals surface area (Å²) in [6.45, 7) is -0.0993. The molecule has 0 spiro atoms. The van der Waals surface area contributed by atoms with E-state index in [1.54, 1.807) is 54.6 Å². The van der Waals surface area contributed by atoms with E-state index in [9.17, 15) is 14.4 Å². The van der Waals surface area contributed by atoms with Crippen LogP contribution >= 0.6 is 11.6 Å². The van der Waals surface area contributed by atoms with Crippen molar-refractivity contribution in [1.82, 2.24) is 0 Å². The van der Waals surface area contributed by atoms with Crippen molar-refractivity contribution in [2.75, 3.05) is 29.6 Å². The molecular formula is C23H21ClN4O4. The molecule has 0 bridgehead atoms. The Morgan fingerprint density at radius 3 is 2.34 bits per heavy atom. The lowest BCUT2D eigenvalue weighted by Gasteiger charge is -2.12. The maximum absolute atomic E-state index is 12.5. The number of halogens is 1. The number of rotatable bonds is 8. The lowest BCUT2D eigenvalue weighted by Crippen LogP contribution is -2.23. The Morgan fingerprint density at radius 2 is 1.66 bits per heavy atom. The zero-order valence-corrected chi connectivity index (χ0v) is 17.9. The third-order valence-corrected chi connectivity index (χ3v) is 4.71. The predicted octanol–water partition coefficient (Wildman–Crippen LogP) is 3.75. The number of para-hydroxylation sites is 2. The number of hydrogen-bond acceptors (Lipinski definition) is 5. The number of primary amides is 1. The monoisotopic (exact) mass is 452 g/mol. The number of carbonyl (C=O) groups excluding carboxylic acids is 3. The Labute approximate surface area is 189 Å². The first-order valence-electron chi connectivity index (χ1n) is 9.55. The molecule has 0 saturated carbocycles. The lowest BCUT2D eigenvalue weighted by atomic mass is 10.1. The molecule has 0 aliphatic carbocycles. The second-order valence-corrected chi connectivity index (χ2v) is 7.12. The fourth-order valence-corrected chi connectivity index (χ4v) is 3.07. The molecule has 3 aromatic carbocycles. The van der Waals surface area contributed by atoms with Gasteiger partial charge in [0.15, 0.2) is 0 Å². The van der Waals surface area contributed by atoms with Crippen LogP contribution in [0.2, 0.25) is 5.02 Å². The molecule has 0 fully saturated rings. The Bertz CT molecular complexity index is 1150. The number of benzene rings is 3. The smallest absolute Gasteiger partial charge is 0.255 e. The molecule has 3 rings (SSSR count). The van der Waals surface area contributed by atoms with Crippen LogP contribution < -0.4 is 26.4 Å². The van der Waals surface area contributed by atoms with Crippen molar-refractivity contribution in [3.63, 3.8) is 0 Å². The van der Waals surface area contributed by atoms with Crippen molar-refractivity contribution >= 4 is 46.4 Å². The Morgan fingerprint density at radius 1 is 0.938 bits per heavy atom.